The first-order valence-electron chi connectivity index (χ1n) is 9.99. The molecule has 3 aromatic rings. The Morgan fingerprint density at radius 2 is 1.70 bits per heavy atom. The van der Waals surface area contributed by atoms with E-state index in [-0.39, 0.29) is 40.6 Å². The smallest absolute Gasteiger partial charge is 0.338 e. The van der Waals surface area contributed by atoms with E-state index in [9.17, 15) is 24.0 Å². The van der Waals surface area contributed by atoms with Crippen LogP contribution in [0.1, 0.15) is 43.7 Å². The van der Waals surface area contributed by atoms with Crippen LogP contribution in [0.4, 0.5) is 11.4 Å². The Morgan fingerprint density at radius 1 is 1.00 bits per heavy atom. The number of rotatable bonds is 6. The number of hydrogen-bond acceptors (Lipinski definition) is 7. The highest BCUT2D eigenvalue weighted by Gasteiger charge is 2.37. The zero-order chi connectivity index (χ0) is 23.7. The van der Waals surface area contributed by atoms with Crippen LogP contribution in [0.2, 0.25) is 0 Å². The van der Waals surface area contributed by atoms with Gasteiger partial charge in [-0.3, -0.25) is 23.7 Å². The Hall–Kier alpha value is -4.05. The van der Waals surface area contributed by atoms with E-state index in [1.165, 1.54) is 29.7 Å². The molecular formula is C23H19N3O6S. The molecule has 0 aliphatic carbocycles. The summed E-state index contributed by atoms with van der Waals surface area (Å²) in [5.74, 6) is -1.95. The van der Waals surface area contributed by atoms with Gasteiger partial charge in [0.1, 0.15) is 6.61 Å². The van der Waals surface area contributed by atoms with Gasteiger partial charge in [0.25, 0.3) is 11.8 Å². The Kier molecular flexibility index (Phi) is 5.93. The third-order valence-corrected chi connectivity index (χ3v) is 5.97. The lowest BCUT2D eigenvalue weighted by Gasteiger charge is -2.14. The molecule has 0 spiro atoms. The number of carbonyl (C=O) groups excluding carboxylic acids is 4. The molecule has 1 aromatic heterocycles. The zero-order valence-corrected chi connectivity index (χ0v) is 18.6. The first-order valence-corrected chi connectivity index (χ1v) is 10.9. The average Bonchev–Trinajstić information content (AvgIpc) is 3.24. The van der Waals surface area contributed by atoms with Crippen LogP contribution < -0.4 is 15.1 Å². The maximum Gasteiger partial charge on any atom is 0.338 e. The third kappa shape index (κ3) is 4.33. The number of anilines is 2. The predicted octanol–water partition coefficient (Wildman–Crippen LogP) is 2.83. The van der Waals surface area contributed by atoms with Crippen molar-refractivity contribution in [3.63, 3.8) is 0 Å². The summed E-state index contributed by atoms with van der Waals surface area (Å²) in [5, 5.41) is 4.35. The number of aromatic nitrogens is 1. The molecule has 0 saturated carbocycles. The summed E-state index contributed by atoms with van der Waals surface area (Å²) in [6.07, 6.45) is 0. The fraction of sp³-hybridized carbons (Fsp3) is 0.174. The summed E-state index contributed by atoms with van der Waals surface area (Å²) < 4.78 is 6.76. The minimum Gasteiger partial charge on any atom is -0.460 e. The lowest BCUT2D eigenvalue weighted by molar-refractivity contribution is -0.114. The standard InChI is InChI=1S/C23H19N3O6S/c1-13-12-33-23(31)25(13)9-10-32-22(30)15-3-8-18-19(11-15)21(29)26(20(18)28)17-6-4-16(5-7-17)24-14(2)27/h3-8,11-12H,9-10H2,1-2H3,(H,24,27). The van der Waals surface area contributed by atoms with Crippen LogP contribution in [0, 0.1) is 6.92 Å². The third-order valence-electron chi connectivity index (χ3n) is 5.09. The molecule has 0 unspecified atom stereocenters. The van der Waals surface area contributed by atoms with Crippen molar-refractivity contribution in [2.75, 3.05) is 16.8 Å². The number of ether oxygens (including phenoxy) is 1. The summed E-state index contributed by atoms with van der Waals surface area (Å²) in [7, 11) is 0. The Morgan fingerprint density at radius 3 is 2.33 bits per heavy atom. The fourth-order valence-electron chi connectivity index (χ4n) is 3.49. The van der Waals surface area contributed by atoms with Crippen LogP contribution in [-0.4, -0.2) is 34.9 Å². The van der Waals surface area contributed by atoms with Gasteiger partial charge < -0.3 is 10.1 Å². The van der Waals surface area contributed by atoms with Crippen molar-refractivity contribution in [1.29, 1.82) is 0 Å². The molecule has 2 aromatic carbocycles. The average molecular weight is 465 g/mol. The first-order chi connectivity index (χ1) is 15.8. The number of hydrogen-bond donors (Lipinski definition) is 1. The molecule has 33 heavy (non-hydrogen) atoms. The van der Waals surface area contributed by atoms with E-state index in [1.807, 2.05) is 0 Å². The molecule has 0 saturated heterocycles. The van der Waals surface area contributed by atoms with Crippen molar-refractivity contribution in [3.8, 4) is 0 Å². The second kappa shape index (κ2) is 8.83. The van der Waals surface area contributed by atoms with Crippen LogP contribution in [0.5, 0.6) is 0 Å². The molecule has 2 heterocycles. The van der Waals surface area contributed by atoms with E-state index >= 15 is 0 Å². The summed E-state index contributed by atoms with van der Waals surface area (Å²) in [5.41, 5.74) is 2.08. The molecule has 1 aliphatic heterocycles. The molecule has 1 N–H and O–H groups in total. The van der Waals surface area contributed by atoms with Gasteiger partial charge in [0.05, 0.1) is 28.9 Å². The SMILES string of the molecule is CC(=O)Nc1ccc(N2C(=O)c3ccc(C(=O)OCCn4c(C)csc4=O)cc3C2=O)cc1. The van der Waals surface area contributed by atoms with Crippen LogP contribution in [-0.2, 0) is 16.1 Å². The number of esters is 1. The molecule has 1 aliphatic rings. The van der Waals surface area contributed by atoms with Gasteiger partial charge in [-0.25, -0.2) is 9.69 Å². The van der Waals surface area contributed by atoms with Crippen molar-refractivity contribution in [2.45, 2.75) is 20.4 Å². The van der Waals surface area contributed by atoms with E-state index in [0.29, 0.717) is 11.4 Å². The van der Waals surface area contributed by atoms with Gasteiger partial charge in [0, 0.05) is 23.7 Å². The van der Waals surface area contributed by atoms with E-state index < -0.39 is 17.8 Å². The Bertz CT molecular complexity index is 1340. The Balaban J connectivity index is 1.48. The summed E-state index contributed by atoms with van der Waals surface area (Å²) >= 11 is 1.08. The lowest BCUT2D eigenvalue weighted by Crippen LogP contribution is -2.29. The second-order valence-electron chi connectivity index (χ2n) is 7.36. The number of carbonyl (C=O) groups is 4. The van der Waals surface area contributed by atoms with Gasteiger partial charge in [0.15, 0.2) is 0 Å². The lowest BCUT2D eigenvalue weighted by atomic mass is 10.1. The molecule has 0 bridgehead atoms. The number of imide groups is 1. The summed E-state index contributed by atoms with van der Waals surface area (Å²) in [6, 6.07) is 10.5. The van der Waals surface area contributed by atoms with Gasteiger partial charge in [-0.1, -0.05) is 11.3 Å². The number of benzene rings is 2. The normalized spacial score (nSPS) is 12.6. The van der Waals surface area contributed by atoms with E-state index in [1.54, 1.807) is 36.6 Å². The van der Waals surface area contributed by atoms with Crippen LogP contribution in [0.25, 0.3) is 0 Å². The molecule has 4 rings (SSSR count). The van der Waals surface area contributed by atoms with E-state index in [0.717, 1.165) is 21.9 Å². The van der Waals surface area contributed by atoms with Crippen molar-refractivity contribution >= 4 is 46.4 Å². The second-order valence-corrected chi connectivity index (χ2v) is 8.19. The number of nitrogens with one attached hydrogen (secondary N) is 1. The van der Waals surface area contributed by atoms with Gasteiger partial charge >= 0.3 is 10.8 Å². The molecule has 9 nitrogen and oxygen atoms in total. The van der Waals surface area contributed by atoms with Gasteiger partial charge in [-0.2, -0.15) is 0 Å². The van der Waals surface area contributed by atoms with Crippen molar-refractivity contribution in [1.82, 2.24) is 4.57 Å². The predicted molar refractivity (Wildman–Crippen MR) is 122 cm³/mol. The van der Waals surface area contributed by atoms with E-state index in [4.69, 9.17) is 4.74 Å². The highest BCUT2D eigenvalue weighted by atomic mass is 32.1. The van der Waals surface area contributed by atoms with Crippen molar-refractivity contribution < 1.29 is 23.9 Å². The minimum absolute atomic E-state index is 0.00690. The first kappa shape index (κ1) is 22.2. The number of nitrogens with zero attached hydrogens (tertiary/aromatic N) is 2. The number of fused-ring (bicyclic) bond motifs is 1. The number of amides is 3. The summed E-state index contributed by atoms with van der Waals surface area (Å²) in [4.78, 5) is 62.0. The maximum absolute atomic E-state index is 12.9. The van der Waals surface area contributed by atoms with E-state index in [2.05, 4.69) is 5.32 Å². The number of thiazole rings is 1. The van der Waals surface area contributed by atoms with Crippen LogP contribution in [0.3, 0.4) is 0 Å². The topological polar surface area (TPSA) is 115 Å². The molecular weight excluding hydrogens is 446 g/mol. The van der Waals surface area contributed by atoms with Crippen LogP contribution >= 0.6 is 11.3 Å². The van der Waals surface area contributed by atoms with Crippen LogP contribution in [0.15, 0.2) is 52.6 Å². The highest BCUT2D eigenvalue weighted by molar-refractivity contribution is 7.07. The van der Waals surface area contributed by atoms with Gasteiger partial charge in [-0.05, 0) is 49.4 Å². The molecule has 3 amide bonds. The number of aryl methyl sites for hydroxylation is 1. The molecule has 10 heteroatoms. The Labute approximate surface area is 192 Å². The van der Waals surface area contributed by atoms with Crippen molar-refractivity contribution in [3.05, 3.63) is 79.9 Å². The quantitative estimate of drug-likeness (QED) is 0.442. The maximum atomic E-state index is 12.9. The molecule has 168 valence electrons. The zero-order valence-electron chi connectivity index (χ0n) is 17.8. The summed E-state index contributed by atoms with van der Waals surface area (Å²) in [6.45, 7) is 3.39. The highest BCUT2D eigenvalue weighted by Crippen LogP contribution is 2.30. The molecule has 0 fully saturated rings. The van der Waals surface area contributed by atoms with Gasteiger partial charge in [-0.15, -0.1) is 0 Å². The van der Waals surface area contributed by atoms with Crippen molar-refractivity contribution in [2.24, 2.45) is 0 Å². The molecule has 0 atom stereocenters. The fourth-order valence-corrected chi connectivity index (χ4v) is 4.25. The minimum atomic E-state index is -0.655. The monoisotopic (exact) mass is 465 g/mol. The molecule has 0 radical (unpaired) electrons. The largest absolute Gasteiger partial charge is 0.460 e. The van der Waals surface area contributed by atoms with Gasteiger partial charge in [0.2, 0.25) is 5.91 Å².